The van der Waals surface area contributed by atoms with Crippen molar-refractivity contribution in [2.75, 3.05) is 18.5 Å². The molecule has 0 atom stereocenters. The highest BCUT2D eigenvalue weighted by molar-refractivity contribution is 7.92. The van der Waals surface area contributed by atoms with Gasteiger partial charge in [-0.1, -0.05) is 25.4 Å². The molecule has 2 aromatic rings. The number of anilines is 1. The van der Waals surface area contributed by atoms with Crippen LogP contribution in [0.1, 0.15) is 37.0 Å². The lowest BCUT2D eigenvalue weighted by atomic mass is 10.1. The number of amides is 1. The standard InChI is InChI=1S/C20H25ClN2O4S/c1-5-14(6-2)22-20(24)18-13-15(7-12-19(18)21)23(3)28(25,26)17-10-8-16(27-4)9-11-17/h7-14H,5-6H2,1-4H3,(H,22,24). The van der Waals surface area contributed by atoms with Crippen molar-refractivity contribution in [2.24, 2.45) is 0 Å². The topological polar surface area (TPSA) is 75.7 Å². The Kier molecular flexibility index (Phi) is 7.32. The molecule has 0 aromatic heterocycles. The lowest BCUT2D eigenvalue weighted by molar-refractivity contribution is 0.0935. The van der Waals surface area contributed by atoms with Crippen molar-refractivity contribution in [3.05, 3.63) is 53.1 Å². The SMILES string of the molecule is CCC(CC)NC(=O)c1cc(N(C)S(=O)(=O)c2ccc(OC)cc2)ccc1Cl. The van der Waals surface area contributed by atoms with Gasteiger partial charge in [-0.3, -0.25) is 9.10 Å². The number of sulfonamides is 1. The summed E-state index contributed by atoms with van der Waals surface area (Å²) in [5.74, 6) is 0.240. The number of halogens is 1. The Morgan fingerprint density at radius 2 is 1.75 bits per heavy atom. The first-order chi connectivity index (χ1) is 13.2. The number of nitrogens with one attached hydrogen (secondary N) is 1. The highest BCUT2D eigenvalue weighted by Gasteiger charge is 2.23. The molecule has 2 aromatic carbocycles. The summed E-state index contributed by atoms with van der Waals surface area (Å²) in [5, 5.41) is 3.18. The van der Waals surface area contributed by atoms with Crippen LogP contribution in [0.3, 0.4) is 0 Å². The van der Waals surface area contributed by atoms with Crippen LogP contribution in [0.2, 0.25) is 5.02 Å². The number of rotatable bonds is 8. The molecule has 1 amide bonds. The fourth-order valence-corrected chi connectivity index (χ4v) is 4.07. The highest BCUT2D eigenvalue weighted by atomic mass is 35.5. The number of benzene rings is 2. The van der Waals surface area contributed by atoms with E-state index in [1.165, 1.54) is 38.4 Å². The summed E-state index contributed by atoms with van der Waals surface area (Å²) in [7, 11) is -0.854. The van der Waals surface area contributed by atoms with Crippen LogP contribution >= 0.6 is 11.6 Å². The molecule has 152 valence electrons. The molecule has 0 radical (unpaired) electrons. The van der Waals surface area contributed by atoms with Crippen LogP contribution in [0.15, 0.2) is 47.4 Å². The van der Waals surface area contributed by atoms with E-state index in [-0.39, 0.29) is 27.4 Å². The number of nitrogens with zero attached hydrogens (tertiary/aromatic N) is 1. The van der Waals surface area contributed by atoms with Gasteiger partial charge in [0.05, 0.1) is 28.3 Å². The Morgan fingerprint density at radius 3 is 2.29 bits per heavy atom. The number of methoxy groups -OCH3 is 1. The van der Waals surface area contributed by atoms with E-state index < -0.39 is 10.0 Å². The predicted molar refractivity (Wildman–Crippen MR) is 112 cm³/mol. The number of ether oxygens (including phenoxy) is 1. The van der Waals surface area contributed by atoms with Crippen LogP contribution in [0.5, 0.6) is 5.75 Å². The highest BCUT2D eigenvalue weighted by Crippen LogP contribution is 2.27. The average molecular weight is 425 g/mol. The van der Waals surface area contributed by atoms with Crippen LogP contribution < -0.4 is 14.4 Å². The van der Waals surface area contributed by atoms with E-state index in [2.05, 4.69) is 5.32 Å². The minimum Gasteiger partial charge on any atom is -0.497 e. The molecule has 0 saturated heterocycles. The predicted octanol–water partition coefficient (Wildman–Crippen LogP) is 4.09. The summed E-state index contributed by atoms with van der Waals surface area (Å²) in [6, 6.07) is 10.7. The van der Waals surface area contributed by atoms with Gasteiger partial charge in [0.15, 0.2) is 0 Å². The van der Waals surface area contributed by atoms with Crippen molar-refractivity contribution in [1.82, 2.24) is 5.32 Å². The summed E-state index contributed by atoms with van der Waals surface area (Å²) >= 11 is 6.19. The van der Waals surface area contributed by atoms with Gasteiger partial charge in [0, 0.05) is 13.1 Å². The largest absolute Gasteiger partial charge is 0.497 e. The first-order valence-corrected chi connectivity index (χ1v) is 10.8. The zero-order chi connectivity index (χ0) is 20.9. The van der Waals surface area contributed by atoms with Gasteiger partial charge in [-0.25, -0.2) is 8.42 Å². The molecule has 0 saturated carbocycles. The lowest BCUT2D eigenvalue weighted by Gasteiger charge is -2.21. The second-order valence-electron chi connectivity index (χ2n) is 6.30. The van der Waals surface area contributed by atoms with Gasteiger partial charge < -0.3 is 10.1 Å². The minimum atomic E-state index is -3.80. The summed E-state index contributed by atoms with van der Waals surface area (Å²) in [6.45, 7) is 3.98. The maximum absolute atomic E-state index is 12.9. The van der Waals surface area contributed by atoms with Crippen LogP contribution in [0, 0.1) is 0 Å². The van der Waals surface area contributed by atoms with Crippen LogP contribution in [0.25, 0.3) is 0 Å². The van der Waals surface area contributed by atoms with Gasteiger partial charge >= 0.3 is 0 Å². The monoisotopic (exact) mass is 424 g/mol. The molecule has 0 heterocycles. The van der Waals surface area contributed by atoms with Crippen LogP contribution in [0.4, 0.5) is 5.69 Å². The Labute approximate surface area is 171 Å². The van der Waals surface area contributed by atoms with Crippen molar-refractivity contribution in [3.63, 3.8) is 0 Å². The van der Waals surface area contributed by atoms with E-state index in [9.17, 15) is 13.2 Å². The molecule has 0 bridgehead atoms. The molecule has 0 fully saturated rings. The Bertz CT molecular complexity index is 926. The zero-order valence-electron chi connectivity index (χ0n) is 16.4. The van der Waals surface area contributed by atoms with E-state index in [4.69, 9.17) is 16.3 Å². The zero-order valence-corrected chi connectivity index (χ0v) is 18.0. The molecule has 0 spiro atoms. The molecule has 0 aliphatic heterocycles. The summed E-state index contributed by atoms with van der Waals surface area (Å²) < 4.78 is 32.0. The van der Waals surface area contributed by atoms with Gasteiger partial charge in [0.2, 0.25) is 0 Å². The molecule has 0 aliphatic carbocycles. The van der Waals surface area contributed by atoms with E-state index in [1.54, 1.807) is 18.2 Å². The van der Waals surface area contributed by atoms with E-state index in [0.29, 0.717) is 11.4 Å². The summed E-state index contributed by atoms with van der Waals surface area (Å²) in [4.78, 5) is 12.7. The number of carbonyl (C=O) groups is 1. The maximum Gasteiger partial charge on any atom is 0.264 e. The van der Waals surface area contributed by atoms with Crippen molar-refractivity contribution in [2.45, 2.75) is 37.6 Å². The first kappa shape index (κ1) is 22.0. The van der Waals surface area contributed by atoms with Crippen molar-refractivity contribution < 1.29 is 17.9 Å². The molecular weight excluding hydrogens is 400 g/mol. The van der Waals surface area contributed by atoms with Gasteiger partial charge in [-0.15, -0.1) is 0 Å². The summed E-state index contributed by atoms with van der Waals surface area (Å²) in [6.07, 6.45) is 1.59. The number of hydrogen-bond acceptors (Lipinski definition) is 4. The molecule has 2 rings (SSSR count). The average Bonchev–Trinajstić information content (AvgIpc) is 2.71. The van der Waals surface area contributed by atoms with Crippen molar-refractivity contribution in [3.8, 4) is 5.75 Å². The third-order valence-electron chi connectivity index (χ3n) is 4.60. The molecular formula is C20H25ClN2O4S. The fourth-order valence-electron chi connectivity index (χ4n) is 2.68. The van der Waals surface area contributed by atoms with Crippen LogP contribution in [-0.2, 0) is 10.0 Å². The van der Waals surface area contributed by atoms with E-state index in [1.807, 2.05) is 13.8 Å². The normalized spacial score (nSPS) is 11.4. The minimum absolute atomic E-state index is 0.0352. The number of hydrogen-bond donors (Lipinski definition) is 1. The molecule has 8 heteroatoms. The Balaban J connectivity index is 2.34. The molecule has 0 unspecified atom stereocenters. The fraction of sp³-hybridized carbons (Fsp3) is 0.350. The Morgan fingerprint density at radius 1 is 1.14 bits per heavy atom. The van der Waals surface area contributed by atoms with E-state index in [0.717, 1.165) is 17.1 Å². The van der Waals surface area contributed by atoms with Gasteiger partial charge in [-0.2, -0.15) is 0 Å². The van der Waals surface area contributed by atoms with Crippen molar-refractivity contribution in [1.29, 1.82) is 0 Å². The molecule has 0 aliphatic rings. The smallest absolute Gasteiger partial charge is 0.264 e. The molecule has 28 heavy (non-hydrogen) atoms. The van der Waals surface area contributed by atoms with Crippen LogP contribution in [-0.4, -0.2) is 34.5 Å². The third-order valence-corrected chi connectivity index (χ3v) is 6.73. The second kappa shape index (κ2) is 9.30. The van der Waals surface area contributed by atoms with E-state index >= 15 is 0 Å². The lowest BCUT2D eigenvalue weighted by Crippen LogP contribution is -2.34. The van der Waals surface area contributed by atoms with Gasteiger partial charge in [0.1, 0.15) is 5.75 Å². The first-order valence-electron chi connectivity index (χ1n) is 8.98. The second-order valence-corrected chi connectivity index (χ2v) is 8.68. The summed E-state index contributed by atoms with van der Waals surface area (Å²) in [5.41, 5.74) is 0.581. The van der Waals surface area contributed by atoms with Gasteiger partial charge in [-0.05, 0) is 55.3 Å². The Hall–Kier alpha value is -2.25. The maximum atomic E-state index is 12.9. The van der Waals surface area contributed by atoms with Gasteiger partial charge in [0.25, 0.3) is 15.9 Å². The third kappa shape index (κ3) is 4.77. The van der Waals surface area contributed by atoms with Crippen molar-refractivity contribution >= 4 is 33.2 Å². The quantitative estimate of drug-likeness (QED) is 0.692. The number of carbonyl (C=O) groups excluding carboxylic acids is 1. The molecule has 1 N–H and O–H groups in total. The molecule has 6 nitrogen and oxygen atoms in total.